The van der Waals surface area contributed by atoms with E-state index in [0.29, 0.717) is 10.4 Å². The van der Waals surface area contributed by atoms with Gasteiger partial charge in [-0.25, -0.2) is 4.68 Å². The zero-order valence-corrected chi connectivity index (χ0v) is 13.8. The van der Waals surface area contributed by atoms with Crippen molar-refractivity contribution in [2.45, 2.75) is 32.9 Å². The highest BCUT2D eigenvalue weighted by molar-refractivity contribution is 9.10. The topological polar surface area (TPSA) is 56.1 Å². The first kappa shape index (κ1) is 15.6. The number of carbonyl (C=O) groups excluding carboxylic acids is 1. The van der Waals surface area contributed by atoms with Crippen molar-refractivity contribution in [1.29, 1.82) is 0 Å². The molecule has 0 saturated carbocycles. The van der Waals surface area contributed by atoms with Gasteiger partial charge in [0.25, 0.3) is 5.91 Å². The number of amides is 1. The third kappa shape index (κ3) is 4.07. The summed E-state index contributed by atoms with van der Waals surface area (Å²) in [6.45, 7) is 5.51. The molecular weight excluding hydrogens is 334 g/mol. The molecule has 2 rings (SSSR count). The molecule has 0 aliphatic rings. The summed E-state index contributed by atoms with van der Waals surface area (Å²) < 4.78 is 8.02. The molecule has 21 heavy (non-hydrogen) atoms. The summed E-state index contributed by atoms with van der Waals surface area (Å²) in [6, 6.07) is 9.77. The summed E-state index contributed by atoms with van der Waals surface area (Å²) in [4.78, 5) is 11.9. The highest BCUT2D eigenvalue weighted by Gasteiger charge is 2.19. The summed E-state index contributed by atoms with van der Waals surface area (Å²) in [5.41, 5.74) is 0.923. The van der Waals surface area contributed by atoms with Gasteiger partial charge in [-0.2, -0.15) is 0 Å². The summed E-state index contributed by atoms with van der Waals surface area (Å²) in [7, 11) is 0. The highest BCUT2D eigenvalue weighted by atomic mass is 79.9. The van der Waals surface area contributed by atoms with Crippen LogP contribution in [0, 0.1) is 0 Å². The predicted octanol–water partition coefficient (Wildman–Crippen LogP) is 2.93. The highest BCUT2D eigenvalue weighted by Crippen LogP contribution is 2.25. The first-order valence-electron chi connectivity index (χ1n) is 6.75. The van der Waals surface area contributed by atoms with Crippen LogP contribution in [0.1, 0.15) is 20.8 Å². The van der Waals surface area contributed by atoms with Crippen LogP contribution < -0.4 is 10.1 Å². The van der Waals surface area contributed by atoms with Gasteiger partial charge in [0.2, 0.25) is 5.88 Å². The Morgan fingerprint density at radius 1 is 1.29 bits per heavy atom. The van der Waals surface area contributed by atoms with Gasteiger partial charge >= 0.3 is 0 Å². The van der Waals surface area contributed by atoms with Crippen LogP contribution in [0.15, 0.2) is 41.0 Å². The molecule has 1 aromatic heterocycles. The Kier molecular flexibility index (Phi) is 5.01. The zero-order chi connectivity index (χ0) is 15.4. The standard InChI is InChI=1S/C15H18BrN3O2/c1-10(2)17-14(20)11(3)21-15-13(16)9-19(18-15)12-7-5-4-6-8-12/h4-11H,1-3H3,(H,17,20). The molecule has 5 nitrogen and oxygen atoms in total. The van der Waals surface area contributed by atoms with Crippen molar-refractivity contribution < 1.29 is 9.53 Å². The van der Waals surface area contributed by atoms with E-state index in [2.05, 4.69) is 26.3 Å². The Balaban J connectivity index is 2.11. The summed E-state index contributed by atoms with van der Waals surface area (Å²) in [6.07, 6.45) is 1.19. The molecule has 1 amide bonds. The largest absolute Gasteiger partial charge is 0.463 e. The van der Waals surface area contributed by atoms with Crippen molar-refractivity contribution in [3.8, 4) is 11.6 Å². The quantitative estimate of drug-likeness (QED) is 0.900. The lowest BCUT2D eigenvalue weighted by Crippen LogP contribution is -2.40. The fourth-order valence-electron chi connectivity index (χ4n) is 1.75. The van der Waals surface area contributed by atoms with E-state index >= 15 is 0 Å². The number of rotatable bonds is 5. The molecule has 112 valence electrons. The molecule has 1 aromatic carbocycles. The van der Waals surface area contributed by atoms with Crippen LogP contribution in [0.4, 0.5) is 0 Å². The molecule has 6 heteroatoms. The van der Waals surface area contributed by atoms with Gasteiger partial charge in [0, 0.05) is 12.2 Å². The van der Waals surface area contributed by atoms with Gasteiger partial charge in [-0.15, -0.1) is 5.10 Å². The first-order valence-corrected chi connectivity index (χ1v) is 7.54. The SMILES string of the molecule is CC(C)NC(=O)C(C)Oc1nn(-c2ccccc2)cc1Br. The van der Waals surface area contributed by atoms with E-state index in [-0.39, 0.29) is 11.9 Å². The lowest BCUT2D eigenvalue weighted by atomic mass is 10.3. The number of benzene rings is 1. The van der Waals surface area contributed by atoms with Crippen LogP contribution in [-0.4, -0.2) is 27.8 Å². The number of halogens is 1. The van der Waals surface area contributed by atoms with Crippen LogP contribution in [-0.2, 0) is 4.79 Å². The Morgan fingerprint density at radius 3 is 2.57 bits per heavy atom. The number of hydrogen-bond acceptors (Lipinski definition) is 3. The van der Waals surface area contributed by atoms with Crippen molar-refractivity contribution in [2.75, 3.05) is 0 Å². The number of nitrogens with one attached hydrogen (secondary N) is 1. The number of carbonyl (C=O) groups is 1. The Hall–Kier alpha value is -1.82. The molecule has 1 heterocycles. The maximum atomic E-state index is 11.9. The average molecular weight is 352 g/mol. The van der Waals surface area contributed by atoms with Gasteiger partial charge in [0.05, 0.1) is 10.2 Å². The minimum atomic E-state index is -0.608. The minimum Gasteiger partial charge on any atom is -0.463 e. The van der Waals surface area contributed by atoms with Crippen LogP contribution in [0.5, 0.6) is 5.88 Å². The van der Waals surface area contributed by atoms with Gasteiger partial charge in [0.1, 0.15) is 0 Å². The van der Waals surface area contributed by atoms with E-state index in [0.717, 1.165) is 5.69 Å². The molecule has 0 aliphatic carbocycles. The van der Waals surface area contributed by atoms with Gasteiger partial charge < -0.3 is 10.1 Å². The van der Waals surface area contributed by atoms with Crippen molar-refractivity contribution in [2.24, 2.45) is 0 Å². The molecule has 1 N–H and O–H groups in total. The molecule has 1 unspecified atom stereocenters. The summed E-state index contributed by atoms with van der Waals surface area (Å²) in [5.74, 6) is 0.233. The Labute approximate surface area is 132 Å². The zero-order valence-electron chi connectivity index (χ0n) is 12.2. The smallest absolute Gasteiger partial charge is 0.261 e. The van der Waals surface area contributed by atoms with Crippen molar-refractivity contribution in [3.63, 3.8) is 0 Å². The molecule has 0 spiro atoms. The van der Waals surface area contributed by atoms with Gasteiger partial charge in [-0.3, -0.25) is 4.79 Å². The molecule has 0 bridgehead atoms. The second kappa shape index (κ2) is 6.76. The maximum absolute atomic E-state index is 11.9. The molecule has 0 aliphatic heterocycles. The van der Waals surface area contributed by atoms with E-state index in [4.69, 9.17) is 4.74 Å². The lowest BCUT2D eigenvalue weighted by molar-refractivity contribution is -0.127. The third-order valence-electron chi connectivity index (χ3n) is 2.75. The first-order chi connectivity index (χ1) is 9.97. The van der Waals surface area contributed by atoms with Gasteiger partial charge in [0.15, 0.2) is 6.10 Å². The lowest BCUT2D eigenvalue weighted by Gasteiger charge is -2.15. The van der Waals surface area contributed by atoms with E-state index in [9.17, 15) is 4.79 Å². The second-order valence-electron chi connectivity index (χ2n) is 4.99. The van der Waals surface area contributed by atoms with E-state index in [1.807, 2.05) is 44.2 Å². The molecule has 0 saturated heterocycles. The number of hydrogen-bond donors (Lipinski definition) is 1. The van der Waals surface area contributed by atoms with Crippen LogP contribution >= 0.6 is 15.9 Å². The third-order valence-corrected chi connectivity index (χ3v) is 3.29. The fraction of sp³-hybridized carbons (Fsp3) is 0.333. The minimum absolute atomic E-state index is 0.0777. The van der Waals surface area contributed by atoms with Gasteiger partial charge in [-0.1, -0.05) is 18.2 Å². The number of ether oxygens (including phenoxy) is 1. The summed E-state index contributed by atoms with van der Waals surface area (Å²) in [5, 5.41) is 7.16. The van der Waals surface area contributed by atoms with Crippen LogP contribution in [0.25, 0.3) is 5.69 Å². The summed E-state index contributed by atoms with van der Waals surface area (Å²) >= 11 is 3.40. The molecule has 1 atom stereocenters. The van der Waals surface area contributed by atoms with Crippen LogP contribution in [0.2, 0.25) is 0 Å². The van der Waals surface area contributed by atoms with Gasteiger partial charge in [-0.05, 0) is 48.8 Å². The fourth-order valence-corrected chi connectivity index (χ4v) is 2.12. The molecular formula is C15H18BrN3O2. The normalized spacial score (nSPS) is 12.2. The Bertz CT molecular complexity index is 611. The number of nitrogens with zero attached hydrogens (tertiary/aromatic N) is 2. The van der Waals surface area contributed by atoms with Crippen molar-refractivity contribution in [1.82, 2.24) is 15.1 Å². The number of para-hydroxylation sites is 1. The van der Waals surface area contributed by atoms with Crippen LogP contribution in [0.3, 0.4) is 0 Å². The second-order valence-corrected chi connectivity index (χ2v) is 5.84. The molecule has 0 fully saturated rings. The average Bonchev–Trinajstić information content (AvgIpc) is 2.80. The molecule has 0 radical (unpaired) electrons. The monoisotopic (exact) mass is 351 g/mol. The number of aromatic nitrogens is 2. The molecule has 2 aromatic rings. The van der Waals surface area contributed by atoms with Crippen molar-refractivity contribution in [3.05, 3.63) is 41.0 Å². The van der Waals surface area contributed by atoms with E-state index < -0.39 is 6.10 Å². The van der Waals surface area contributed by atoms with Crippen molar-refractivity contribution >= 4 is 21.8 Å². The van der Waals surface area contributed by atoms with E-state index in [1.165, 1.54) is 0 Å². The predicted molar refractivity (Wildman–Crippen MR) is 84.6 cm³/mol. The van der Waals surface area contributed by atoms with E-state index in [1.54, 1.807) is 17.8 Å². The maximum Gasteiger partial charge on any atom is 0.261 e. The Morgan fingerprint density at radius 2 is 1.95 bits per heavy atom.